The van der Waals surface area contributed by atoms with Crippen molar-refractivity contribution in [2.75, 3.05) is 12.4 Å². The SMILES string of the molecule is C\C=C(/N=C(/C=C/C)c1c[nH]c(=O)c(Nc2ccc3ccccc3n2)c1)NC. The number of aromatic nitrogens is 2. The van der Waals surface area contributed by atoms with E-state index in [-0.39, 0.29) is 5.56 Å². The van der Waals surface area contributed by atoms with Gasteiger partial charge in [0.25, 0.3) is 5.56 Å². The molecule has 0 aliphatic rings. The molecule has 0 unspecified atom stereocenters. The van der Waals surface area contributed by atoms with Gasteiger partial charge in [0.05, 0.1) is 11.2 Å². The van der Waals surface area contributed by atoms with Crippen LogP contribution in [0.15, 0.2) is 82.5 Å². The highest BCUT2D eigenvalue weighted by Crippen LogP contribution is 2.18. The van der Waals surface area contributed by atoms with Crippen LogP contribution in [0, 0.1) is 0 Å². The zero-order valence-corrected chi connectivity index (χ0v) is 16.2. The highest BCUT2D eigenvalue weighted by Gasteiger charge is 2.08. The zero-order valence-electron chi connectivity index (χ0n) is 16.2. The van der Waals surface area contributed by atoms with Crippen LogP contribution in [-0.2, 0) is 0 Å². The molecule has 2 aromatic heterocycles. The summed E-state index contributed by atoms with van der Waals surface area (Å²) in [6.45, 7) is 3.84. The number of benzene rings is 1. The van der Waals surface area contributed by atoms with Crippen LogP contribution in [0.4, 0.5) is 11.5 Å². The molecule has 142 valence electrons. The van der Waals surface area contributed by atoms with E-state index >= 15 is 0 Å². The second kappa shape index (κ2) is 8.81. The zero-order chi connectivity index (χ0) is 19.9. The molecule has 0 spiro atoms. The van der Waals surface area contributed by atoms with Gasteiger partial charge in [-0.3, -0.25) is 4.79 Å². The minimum absolute atomic E-state index is 0.224. The molecule has 28 heavy (non-hydrogen) atoms. The number of nitrogens with zero attached hydrogens (tertiary/aromatic N) is 2. The number of nitrogens with one attached hydrogen (secondary N) is 3. The van der Waals surface area contributed by atoms with Crippen molar-refractivity contribution in [3.63, 3.8) is 0 Å². The summed E-state index contributed by atoms with van der Waals surface area (Å²) in [4.78, 5) is 24.3. The number of rotatable bonds is 6. The number of allylic oxidation sites excluding steroid dienone is 3. The number of anilines is 2. The van der Waals surface area contributed by atoms with Gasteiger partial charge in [0.1, 0.15) is 17.3 Å². The van der Waals surface area contributed by atoms with Crippen LogP contribution < -0.4 is 16.2 Å². The molecule has 0 aliphatic carbocycles. The van der Waals surface area contributed by atoms with E-state index in [9.17, 15) is 4.79 Å². The van der Waals surface area contributed by atoms with Crippen molar-refractivity contribution < 1.29 is 0 Å². The van der Waals surface area contributed by atoms with Crippen LogP contribution in [0.1, 0.15) is 19.4 Å². The average molecular weight is 373 g/mol. The molecular formula is C22H23N5O. The summed E-state index contributed by atoms with van der Waals surface area (Å²) < 4.78 is 0. The fraction of sp³-hybridized carbons (Fsp3) is 0.136. The Hall–Kier alpha value is -3.67. The quantitative estimate of drug-likeness (QED) is 0.568. The molecule has 0 radical (unpaired) electrons. The van der Waals surface area contributed by atoms with Crippen molar-refractivity contribution in [3.05, 3.63) is 88.6 Å². The van der Waals surface area contributed by atoms with E-state index in [4.69, 9.17) is 0 Å². The first kappa shape index (κ1) is 19.1. The summed E-state index contributed by atoms with van der Waals surface area (Å²) in [6.07, 6.45) is 7.34. The summed E-state index contributed by atoms with van der Waals surface area (Å²) in [5.41, 5.74) is 2.57. The molecule has 6 heteroatoms. The van der Waals surface area contributed by atoms with Crippen molar-refractivity contribution in [1.29, 1.82) is 0 Å². The number of aromatic amines is 1. The first-order valence-corrected chi connectivity index (χ1v) is 9.06. The molecule has 3 N–H and O–H groups in total. The van der Waals surface area contributed by atoms with E-state index in [2.05, 4.69) is 25.6 Å². The maximum Gasteiger partial charge on any atom is 0.271 e. The summed E-state index contributed by atoms with van der Waals surface area (Å²) in [6, 6.07) is 13.4. The monoisotopic (exact) mass is 373 g/mol. The molecule has 6 nitrogen and oxygen atoms in total. The third-order valence-electron chi connectivity index (χ3n) is 4.16. The summed E-state index contributed by atoms with van der Waals surface area (Å²) in [5.74, 6) is 1.35. The summed E-state index contributed by atoms with van der Waals surface area (Å²) in [7, 11) is 1.82. The maximum absolute atomic E-state index is 12.3. The molecule has 3 rings (SSSR count). The number of para-hydroxylation sites is 1. The number of aliphatic imine (C=N–C) groups is 1. The first-order chi connectivity index (χ1) is 13.6. The van der Waals surface area contributed by atoms with Crippen molar-refractivity contribution in [2.24, 2.45) is 4.99 Å². The van der Waals surface area contributed by atoms with Gasteiger partial charge in [-0.1, -0.05) is 24.3 Å². The Labute approximate surface area is 163 Å². The normalized spacial score (nSPS) is 12.5. The molecule has 1 aromatic carbocycles. The van der Waals surface area contributed by atoms with Crippen molar-refractivity contribution in [1.82, 2.24) is 15.3 Å². The number of hydrogen-bond acceptors (Lipinski definition) is 5. The molecule has 3 aromatic rings. The lowest BCUT2D eigenvalue weighted by atomic mass is 10.1. The van der Waals surface area contributed by atoms with Gasteiger partial charge in [0.2, 0.25) is 0 Å². The third-order valence-corrected chi connectivity index (χ3v) is 4.16. The van der Waals surface area contributed by atoms with Crippen LogP contribution in [0.2, 0.25) is 0 Å². The lowest BCUT2D eigenvalue weighted by Crippen LogP contribution is -2.14. The maximum atomic E-state index is 12.3. The van der Waals surface area contributed by atoms with E-state index in [0.717, 1.165) is 28.0 Å². The second-order valence-electron chi connectivity index (χ2n) is 6.07. The Bertz CT molecular complexity index is 1120. The largest absolute Gasteiger partial charge is 0.373 e. The molecule has 0 aliphatic heterocycles. The predicted octanol–water partition coefficient (Wildman–Crippen LogP) is 4.11. The molecular weight excluding hydrogens is 350 g/mol. The lowest BCUT2D eigenvalue weighted by Gasteiger charge is -2.09. The molecule has 2 heterocycles. The Kier molecular flexibility index (Phi) is 6.01. The number of hydrogen-bond donors (Lipinski definition) is 3. The topological polar surface area (TPSA) is 82.2 Å². The third kappa shape index (κ3) is 4.35. The van der Waals surface area contributed by atoms with Gasteiger partial charge in [-0.25, -0.2) is 9.98 Å². The molecule has 0 saturated carbocycles. The van der Waals surface area contributed by atoms with Gasteiger partial charge in [0, 0.05) is 24.2 Å². The molecule has 0 bridgehead atoms. The van der Waals surface area contributed by atoms with Crippen LogP contribution in [0.3, 0.4) is 0 Å². The molecule has 0 saturated heterocycles. The van der Waals surface area contributed by atoms with E-state index in [1.165, 1.54) is 0 Å². The fourth-order valence-electron chi connectivity index (χ4n) is 2.75. The average Bonchev–Trinajstić information content (AvgIpc) is 2.72. The standard InChI is InChI=1S/C22H23N5O/c1-4-8-17(25-20(5-2)23-3)16-13-19(22(28)24-14-16)27-21-12-11-15-9-6-7-10-18(15)26-21/h4-14,23H,1-3H3,(H,24,28)(H,26,27)/b8-4+,20-5-,25-17-. The first-order valence-electron chi connectivity index (χ1n) is 9.06. The van der Waals surface area contributed by atoms with Gasteiger partial charge in [0.15, 0.2) is 0 Å². The Morgan fingerprint density at radius 1 is 1.18 bits per heavy atom. The number of fused-ring (bicyclic) bond motifs is 1. The Balaban J connectivity index is 1.99. The van der Waals surface area contributed by atoms with Crippen LogP contribution in [0.25, 0.3) is 10.9 Å². The Morgan fingerprint density at radius 3 is 2.75 bits per heavy atom. The lowest BCUT2D eigenvalue weighted by molar-refractivity contribution is 0.960. The second-order valence-corrected chi connectivity index (χ2v) is 6.07. The van der Waals surface area contributed by atoms with Gasteiger partial charge >= 0.3 is 0 Å². The van der Waals surface area contributed by atoms with Gasteiger partial charge in [-0.2, -0.15) is 0 Å². The predicted molar refractivity (Wildman–Crippen MR) is 116 cm³/mol. The molecule has 0 fully saturated rings. The van der Waals surface area contributed by atoms with Crippen molar-refractivity contribution in [2.45, 2.75) is 13.8 Å². The van der Waals surface area contributed by atoms with E-state index in [1.54, 1.807) is 12.3 Å². The fourth-order valence-corrected chi connectivity index (χ4v) is 2.75. The van der Waals surface area contributed by atoms with E-state index in [0.29, 0.717) is 11.5 Å². The Morgan fingerprint density at radius 2 is 2.00 bits per heavy atom. The minimum atomic E-state index is -0.224. The highest BCUT2D eigenvalue weighted by atomic mass is 16.1. The smallest absolute Gasteiger partial charge is 0.271 e. The summed E-state index contributed by atoms with van der Waals surface area (Å²) >= 11 is 0. The minimum Gasteiger partial charge on any atom is -0.373 e. The van der Waals surface area contributed by atoms with Crippen LogP contribution in [0.5, 0.6) is 0 Å². The van der Waals surface area contributed by atoms with Gasteiger partial charge in [-0.05, 0) is 50.3 Å². The highest BCUT2D eigenvalue weighted by molar-refractivity contribution is 6.09. The van der Waals surface area contributed by atoms with Gasteiger partial charge < -0.3 is 15.6 Å². The van der Waals surface area contributed by atoms with Crippen molar-refractivity contribution in [3.8, 4) is 0 Å². The molecule has 0 amide bonds. The number of H-pyrrole nitrogens is 1. The van der Waals surface area contributed by atoms with E-state index in [1.807, 2.05) is 75.5 Å². The number of pyridine rings is 2. The van der Waals surface area contributed by atoms with Crippen LogP contribution in [-0.4, -0.2) is 22.7 Å². The van der Waals surface area contributed by atoms with Gasteiger partial charge in [-0.15, -0.1) is 0 Å². The molecule has 0 atom stereocenters. The van der Waals surface area contributed by atoms with Crippen molar-refractivity contribution >= 4 is 28.1 Å². The van der Waals surface area contributed by atoms with E-state index < -0.39 is 0 Å². The summed E-state index contributed by atoms with van der Waals surface area (Å²) in [5, 5.41) is 7.20. The van der Waals surface area contributed by atoms with Crippen LogP contribution >= 0.6 is 0 Å².